The minimum atomic E-state index is -3.01. The van der Waals surface area contributed by atoms with Gasteiger partial charge in [-0.2, -0.15) is 0 Å². The van der Waals surface area contributed by atoms with Crippen molar-refractivity contribution in [2.75, 3.05) is 29.5 Å². The van der Waals surface area contributed by atoms with Crippen LogP contribution in [0, 0.1) is 5.92 Å². The van der Waals surface area contributed by atoms with E-state index < -0.39 is 9.84 Å². The van der Waals surface area contributed by atoms with Crippen molar-refractivity contribution in [3.8, 4) is 0 Å². The van der Waals surface area contributed by atoms with Crippen molar-refractivity contribution < 1.29 is 13.2 Å². The van der Waals surface area contributed by atoms with Gasteiger partial charge < -0.3 is 9.80 Å². The van der Waals surface area contributed by atoms with Gasteiger partial charge >= 0.3 is 0 Å². The van der Waals surface area contributed by atoms with Gasteiger partial charge in [0.25, 0.3) is 0 Å². The Kier molecular flexibility index (Phi) is 4.39. The molecule has 1 aliphatic carbocycles. The smallest absolute Gasteiger partial charge is 0.226 e. The highest BCUT2D eigenvalue weighted by molar-refractivity contribution is 7.91. The van der Waals surface area contributed by atoms with E-state index in [2.05, 4.69) is 14.9 Å². The molecule has 3 aliphatic rings. The molecule has 7 nitrogen and oxygen atoms in total. The summed E-state index contributed by atoms with van der Waals surface area (Å²) in [7, 11) is -3.01. The Morgan fingerprint density at radius 1 is 1.12 bits per heavy atom. The third-order valence-electron chi connectivity index (χ3n) is 5.52. The van der Waals surface area contributed by atoms with Crippen LogP contribution >= 0.6 is 0 Å². The maximum absolute atomic E-state index is 12.6. The van der Waals surface area contributed by atoms with E-state index in [9.17, 15) is 13.2 Å². The predicted octanol–water partition coefficient (Wildman–Crippen LogP) is 0.871. The first-order valence-electron chi connectivity index (χ1n) is 9.07. The number of nitrogens with zero attached hydrogens (tertiary/aromatic N) is 4. The van der Waals surface area contributed by atoms with E-state index in [4.69, 9.17) is 0 Å². The fourth-order valence-corrected chi connectivity index (χ4v) is 5.81. The third kappa shape index (κ3) is 3.63. The topological polar surface area (TPSA) is 83.5 Å². The van der Waals surface area contributed by atoms with Crippen molar-refractivity contribution in [1.82, 2.24) is 14.9 Å². The predicted molar refractivity (Wildman–Crippen MR) is 93.9 cm³/mol. The number of sulfone groups is 1. The van der Waals surface area contributed by atoms with E-state index in [1.165, 1.54) is 12.8 Å². The minimum Gasteiger partial charge on any atom is -0.350 e. The second kappa shape index (κ2) is 6.55. The molecule has 8 heteroatoms. The molecule has 0 spiro atoms. The van der Waals surface area contributed by atoms with E-state index in [0.717, 1.165) is 18.7 Å². The summed E-state index contributed by atoms with van der Waals surface area (Å²) >= 11 is 0. The fraction of sp³-hybridized carbons (Fsp3) is 0.706. The molecule has 2 saturated heterocycles. The van der Waals surface area contributed by atoms with Gasteiger partial charge in [-0.15, -0.1) is 0 Å². The lowest BCUT2D eigenvalue weighted by molar-refractivity contribution is -0.135. The SMILES string of the molecule is O=C(C1CCS(=O)(=O)C1)N1CCC(N(c2ccncn2)C2CC2)CC1. The molecule has 1 aromatic heterocycles. The average Bonchev–Trinajstić information content (AvgIpc) is 3.38. The molecule has 0 N–H and O–H groups in total. The summed E-state index contributed by atoms with van der Waals surface area (Å²) in [6, 6.07) is 2.90. The highest BCUT2D eigenvalue weighted by Crippen LogP contribution is 2.35. The maximum atomic E-state index is 12.6. The van der Waals surface area contributed by atoms with E-state index in [0.29, 0.717) is 31.6 Å². The summed E-state index contributed by atoms with van der Waals surface area (Å²) in [6.45, 7) is 1.41. The van der Waals surface area contributed by atoms with Crippen molar-refractivity contribution in [2.24, 2.45) is 5.92 Å². The standard InChI is InChI=1S/C17H24N4O3S/c22-17(13-6-10-25(23,24)11-13)20-8-4-15(5-9-20)21(14-1-2-14)16-3-7-18-12-19-16/h3,7,12-15H,1-2,4-6,8-11H2. The molecule has 1 atom stereocenters. The molecule has 2 aliphatic heterocycles. The van der Waals surface area contributed by atoms with Crippen LogP contribution in [0.15, 0.2) is 18.6 Å². The second-order valence-corrected chi connectivity index (χ2v) is 9.59. The number of rotatable bonds is 4. The van der Waals surface area contributed by atoms with Crippen LogP contribution in [0.5, 0.6) is 0 Å². The first kappa shape index (κ1) is 16.8. The lowest BCUT2D eigenvalue weighted by atomic mass is 10.00. The Balaban J connectivity index is 1.38. The molecular formula is C17H24N4O3S. The van der Waals surface area contributed by atoms with E-state index in [1.54, 1.807) is 12.5 Å². The zero-order valence-electron chi connectivity index (χ0n) is 14.2. The van der Waals surface area contributed by atoms with E-state index >= 15 is 0 Å². The van der Waals surface area contributed by atoms with Gasteiger partial charge in [-0.3, -0.25) is 4.79 Å². The van der Waals surface area contributed by atoms with Crippen molar-refractivity contribution in [3.05, 3.63) is 18.6 Å². The summed E-state index contributed by atoms with van der Waals surface area (Å²) in [5.41, 5.74) is 0. The van der Waals surface area contributed by atoms with Crippen LogP contribution in [0.3, 0.4) is 0 Å². The normalized spacial score (nSPS) is 26.6. The van der Waals surface area contributed by atoms with Crippen LogP contribution < -0.4 is 4.90 Å². The molecular weight excluding hydrogens is 340 g/mol. The molecule has 0 aromatic carbocycles. The number of piperidine rings is 1. The summed E-state index contributed by atoms with van der Waals surface area (Å²) in [6.07, 6.45) is 8.06. The summed E-state index contributed by atoms with van der Waals surface area (Å²) in [4.78, 5) is 25.3. The van der Waals surface area contributed by atoms with Gasteiger partial charge in [0.05, 0.1) is 17.4 Å². The quantitative estimate of drug-likeness (QED) is 0.788. The highest BCUT2D eigenvalue weighted by atomic mass is 32.2. The maximum Gasteiger partial charge on any atom is 0.226 e. The zero-order chi connectivity index (χ0) is 17.4. The van der Waals surface area contributed by atoms with Crippen molar-refractivity contribution in [1.29, 1.82) is 0 Å². The number of carbonyl (C=O) groups is 1. The minimum absolute atomic E-state index is 0.0273. The van der Waals surface area contributed by atoms with Crippen molar-refractivity contribution in [2.45, 2.75) is 44.2 Å². The van der Waals surface area contributed by atoms with Crippen LogP contribution in [0.1, 0.15) is 32.1 Å². The average molecular weight is 364 g/mol. The van der Waals surface area contributed by atoms with E-state index in [-0.39, 0.29) is 23.3 Å². The van der Waals surface area contributed by atoms with Crippen LogP contribution in [0.4, 0.5) is 5.82 Å². The Morgan fingerprint density at radius 3 is 2.40 bits per heavy atom. The second-order valence-electron chi connectivity index (χ2n) is 7.36. The molecule has 25 heavy (non-hydrogen) atoms. The Morgan fingerprint density at radius 2 is 1.84 bits per heavy atom. The molecule has 136 valence electrons. The van der Waals surface area contributed by atoms with Gasteiger partial charge in [0.2, 0.25) is 5.91 Å². The molecule has 3 heterocycles. The Bertz CT molecular complexity index is 728. The lowest BCUT2D eigenvalue weighted by Gasteiger charge is -2.40. The van der Waals surface area contributed by atoms with Crippen LogP contribution in [0.25, 0.3) is 0 Å². The van der Waals surface area contributed by atoms with Gasteiger partial charge in [-0.1, -0.05) is 0 Å². The van der Waals surface area contributed by atoms with Gasteiger partial charge in [0.15, 0.2) is 9.84 Å². The molecule has 1 amide bonds. The van der Waals surface area contributed by atoms with Crippen molar-refractivity contribution in [3.63, 3.8) is 0 Å². The number of likely N-dealkylation sites (tertiary alicyclic amines) is 1. The summed E-state index contributed by atoms with van der Waals surface area (Å²) in [5.74, 6) is 0.857. The molecule has 0 radical (unpaired) electrons. The molecule has 4 rings (SSSR count). The van der Waals surface area contributed by atoms with Crippen LogP contribution in [-0.4, -0.2) is 65.9 Å². The summed E-state index contributed by atoms with van der Waals surface area (Å²) < 4.78 is 23.2. The van der Waals surface area contributed by atoms with Crippen LogP contribution in [0.2, 0.25) is 0 Å². The van der Waals surface area contributed by atoms with Gasteiger partial charge in [-0.25, -0.2) is 18.4 Å². The number of amides is 1. The fourth-order valence-electron chi connectivity index (χ4n) is 4.07. The number of hydrogen-bond donors (Lipinski definition) is 0. The number of aromatic nitrogens is 2. The molecule has 1 aromatic rings. The molecule has 3 fully saturated rings. The molecule has 1 saturated carbocycles. The Hall–Kier alpha value is -1.70. The van der Waals surface area contributed by atoms with Gasteiger partial charge in [-0.05, 0) is 38.2 Å². The highest BCUT2D eigenvalue weighted by Gasteiger charge is 2.39. The van der Waals surface area contributed by atoms with Gasteiger partial charge in [0, 0.05) is 31.4 Å². The monoisotopic (exact) mass is 364 g/mol. The van der Waals surface area contributed by atoms with Crippen LogP contribution in [-0.2, 0) is 14.6 Å². The number of anilines is 1. The van der Waals surface area contributed by atoms with E-state index in [1.807, 2.05) is 11.0 Å². The number of hydrogen-bond acceptors (Lipinski definition) is 6. The Labute approximate surface area is 148 Å². The third-order valence-corrected chi connectivity index (χ3v) is 7.29. The molecule has 0 bridgehead atoms. The van der Waals surface area contributed by atoms with Crippen molar-refractivity contribution >= 4 is 21.6 Å². The first-order chi connectivity index (χ1) is 12.0. The van der Waals surface area contributed by atoms with Gasteiger partial charge in [0.1, 0.15) is 12.1 Å². The lowest BCUT2D eigenvalue weighted by Crippen LogP contribution is -2.49. The summed E-state index contributed by atoms with van der Waals surface area (Å²) in [5, 5.41) is 0. The molecule has 1 unspecified atom stereocenters. The zero-order valence-corrected chi connectivity index (χ0v) is 15.1. The first-order valence-corrected chi connectivity index (χ1v) is 10.9. The number of carbonyl (C=O) groups excluding carboxylic acids is 1. The largest absolute Gasteiger partial charge is 0.350 e.